The lowest BCUT2D eigenvalue weighted by molar-refractivity contribution is 0.121. The second kappa shape index (κ2) is 7.35. The molecular formula is C18H22N4O4. The first-order chi connectivity index (χ1) is 12.4. The Labute approximate surface area is 149 Å². The van der Waals surface area contributed by atoms with Crippen LogP contribution in [0.5, 0.6) is 0 Å². The van der Waals surface area contributed by atoms with Crippen molar-refractivity contribution in [2.24, 2.45) is 0 Å². The van der Waals surface area contributed by atoms with E-state index >= 15 is 0 Å². The van der Waals surface area contributed by atoms with Gasteiger partial charge in [-0.25, -0.2) is 9.78 Å². The Hall–Kier alpha value is -2.58. The Kier molecular flexibility index (Phi) is 5.15. The molecule has 0 radical (unpaired) electrons. The molecule has 3 N–H and O–H groups in total. The monoisotopic (exact) mass is 358 g/mol. The molecule has 2 aliphatic heterocycles. The quantitative estimate of drug-likeness (QED) is 0.555. The molecule has 26 heavy (non-hydrogen) atoms. The second-order valence-corrected chi connectivity index (χ2v) is 6.38. The van der Waals surface area contributed by atoms with Gasteiger partial charge in [-0.2, -0.15) is 4.98 Å². The lowest BCUT2D eigenvalue weighted by Crippen LogP contribution is -2.29. The number of H-pyrrole nitrogens is 1. The van der Waals surface area contributed by atoms with Crippen molar-refractivity contribution in [3.8, 4) is 11.5 Å². The molecule has 8 nitrogen and oxygen atoms in total. The second-order valence-electron chi connectivity index (χ2n) is 6.38. The van der Waals surface area contributed by atoms with Crippen molar-refractivity contribution in [3.05, 3.63) is 44.1 Å². The lowest BCUT2D eigenvalue weighted by atomic mass is 10.0. The van der Waals surface area contributed by atoms with Gasteiger partial charge in [0.15, 0.2) is 11.5 Å². The average Bonchev–Trinajstić information content (AvgIpc) is 2.59. The number of hydrogen-bond donors (Lipinski definition) is 3. The van der Waals surface area contributed by atoms with Crippen LogP contribution in [0, 0.1) is 6.92 Å². The molecule has 3 rings (SSSR count). The molecular weight excluding hydrogens is 336 g/mol. The molecule has 0 amide bonds. The predicted molar refractivity (Wildman–Crippen MR) is 97.5 cm³/mol. The van der Waals surface area contributed by atoms with Gasteiger partial charge in [-0.3, -0.25) is 9.78 Å². The Bertz CT molecular complexity index is 1020. The first-order valence-corrected chi connectivity index (χ1v) is 8.67. The van der Waals surface area contributed by atoms with Gasteiger partial charge >= 0.3 is 5.69 Å². The highest BCUT2D eigenvalue weighted by Crippen LogP contribution is 2.25. The minimum atomic E-state index is -0.726. The maximum absolute atomic E-state index is 12.2. The summed E-state index contributed by atoms with van der Waals surface area (Å²) in [5, 5.41) is 18.9. The summed E-state index contributed by atoms with van der Waals surface area (Å²) in [6, 6.07) is 3.90. The Morgan fingerprint density at radius 2 is 2.00 bits per heavy atom. The van der Waals surface area contributed by atoms with Gasteiger partial charge in [0.1, 0.15) is 0 Å². The zero-order chi connectivity index (χ0) is 18.8. The molecule has 8 heteroatoms. The summed E-state index contributed by atoms with van der Waals surface area (Å²) in [6.45, 7) is 4.28. The molecule has 0 saturated heterocycles. The topological polar surface area (TPSA) is 121 Å². The van der Waals surface area contributed by atoms with E-state index in [4.69, 9.17) is 5.11 Å². The number of fused-ring (bicyclic) bond motifs is 2. The van der Waals surface area contributed by atoms with Crippen LogP contribution in [0.15, 0.2) is 21.7 Å². The van der Waals surface area contributed by atoms with Gasteiger partial charge in [0, 0.05) is 13.2 Å². The summed E-state index contributed by atoms with van der Waals surface area (Å²) in [4.78, 5) is 34.4. The summed E-state index contributed by atoms with van der Waals surface area (Å²) < 4.78 is 1.76. The van der Waals surface area contributed by atoms with E-state index in [0.29, 0.717) is 18.5 Å². The largest absolute Gasteiger partial charge is 0.396 e. The van der Waals surface area contributed by atoms with Crippen LogP contribution in [-0.4, -0.2) is 42.4 Å². The number of nitrogens with one attached hydrogen (secondary N) is 1. The van der Waals surface area contributed by atoms with Crippen LogP contribution in [0.25, 0.3) is 22.6 Å². The number of benzene rings is 1. The van der Waals surface area contributed by atoms with Crippen molar-refractivity contribution in [2.75, 3.05) is 6.61 Å². The SMILES string of the molecule is CCc1cc2c(cc1C)nc1c(=O)[nH]c(=O)nc-1n2CC[C@H](O)CCO. The van der Waals surface area contributed by atoms with Crippen molar-refractivity contribution in [3.63, 3.8) is 0 Å². The lowest BCUT2D eigenvalue weighted by Gasteiger charge is -2.19. The van der Waals surface area contributed by atoms with Gasteiger partial charge in [0.25, 0.3) is 5.56 Å². The molecule has 138 valence electrons. The van der Waals surface area contributed by atoms with Crippen molar-refractivity contribution >= 4 is 11.0 Å². The molecule has 1 aromatic rings. The highest BCUT2D eigenvalue weighted by atomic mass is 16.3. The van der Waals surface area contributed by atoms with Gasteiger partial charge < -0.3 is 14.8 Å². The van der Waals surface area contributed by atoms with Gasteiger partial charge in [-0.1, -0.05) is 6.92 Å². The van der Waals surface area contributed by atoms with E-state index in [9.17, 15) is 14.7 Å². The third-order valence-electron chi connectivity index (χ3n) is 4.60. The van der Waals surface area contributed by atoms with E-state index in [-0.39, 0.29) is 24.5 Å². The van der Waals surface area contributed by atoms with Crippen molar-refractivity contribution in [1.82, 2.24) is 19.5 Å². The molecule has 0 fully saturated rings. The third-order valence-corrected chi connectivity index (χ3v) is 4.60. The molecule has 1 atom stereocenters. The van der Waals surface area contributed by atoms with Crippen LogP contribution in [0.4, 0.5) is 0 Å². The number of aryl methyl sites for hydroxylation is 3. The Morgan fingerprint density at radius 1 is 1.23 bits per heavy atom. The fourth-order valence-electron chi connectivity index (χ4n) is 3.17. The van der Waals surface area contributed by atoms with E-state index in [0.717, 1.165) is 23.1 Å². The Balaban J connectivity index is 2.27. The number of aromatic amines is 1. The van der Waals surface area contributed by atoms with Crippen molar-refractivity contribution < 1.29 is 10.2 Å². The summed E-state index contributed by atoms with van der Waals surface area (Å²) in [7, 11) is 0. The van der Waals surface area contributed by atoms with E-state index in [1.54, 1.807) is 4.57 Å². The van der Waals surface area contributed by atoms with Crippen molar-refractivity contribution in [1.29, 1.82) is 0 Å². The van der Waals surface area contributed by atoms with Gasteiger partial charge in [0.05, 0.1) is 17.1 Å². The molecule has 0 unspecified atom stereocenters. The number of rotatable bonds is 6. The van der Waals surface area contributed by atoms with Gasteiger partial charge in [0.2, 0.25) is 0 Å². The standard InChI is InChI=1S/C18H22N4O4/c1-3-11-9-14-13(8-10(11)2)19-15-16(20-18(26)21-17(15)25)22(14)6-4-12(24)5-7-23/h8-9,12,23-24H,3-7H2,1-2H3,(H,21,25,26)/t12-/m0/s1. The van der Waals surface area contributed by atoms with E-state index < -0.39 is 17.4 Å². The fraction of sp³-hybridized carbons (Fsp3) is 0.444. The first kappa shape index (κ1) is 18.2. The first-order valence-electron chi connectivity index (χ1n) is 8.67. The molecule has 2 aliphatic rings. The van der Waals surface area contributed by atoms with Crippen molar-refractivity contribution in [2.45, 2.75) is 45.8 Å². The molecule has 0 spiro atoms. The number of aromatic nitrogens is 4. The minimum absolute atomic E-state index is 0.0948. The summed E-state index contributed by atoms with van der Waals surface area (Å²) in [5.74, 6) is 0.202. The zero-order valence-electron chi connectivity index (χ0n) is 14.8. The molecule has 0 saturated carbocycles. The summed E-state index contributed by atoms with van der Waals surface area (Å²) in [5.41, 5.74) is 2.39. The number of hydrogen-bond acceptors (Lipinski definition) is 6. The average molecular weight is 358 g/mol. The maximum Gasteiger partial charge on any atom is 0.349 e. The summed E-state index contributed by atoms with van der Waals surface area (Å²) >= 11 is 0. The van der Waals surface area contributed by atoms with Gasteiger partial charge in [-0.15, -0.1) is 0 Å². The molecule has 0 aromatic heterocycles. The zero-order valence-corrected chi connectivity index (χ0v) is 14.8. The van der Waals surface area contributed by atoms with Crippen LogP contribution in [-0.2, 0) is 13.0 Å². The number of aliphatic hydroxyl groups excluding tert-OH is 2. The molecule has 1 aromatic carbocycles. The van der Waals surface area contributed by atoms with Gasteiger partial charge in [-0.05, 0) is 49.4 Å². The maximum atomic E-state index is 12.2. The van der Waals surface area contributed by atoms with E-state index in [1.807, 2.05) is 19.1 Å². The fourth-order valence-corrected chi connectivity index (χ4v) is 3.17. The smallest absolute Gasteiger partial charge is 0.349 e. The molecule has 0 bridgehead atoms. The van der Waals surface area contributed by atoms with Crippen LogP contribution in [0.3, 0.4) is 0 Å². The van der Waals surface area contributed by atoms with Crippen LogP contribution in [0.1, 0.15) is 30.9 Å². The van der Waals surface area contributed by atoms with Crippen LogP contribution < -0.4 is 11.2 Å². The van der Waals surface area contributed by atoms with Crippen LogP contribution in [0.2, 0.25) is 0 Å². The Morgan fingerprint density at radius 3 is 2.69 bits per heavy atom. The van der Waals surface area contributed by atoms with Crippen LogP contribution >= 0.6 is 0 Å². The summed E-state index contributed by atoms with van der Waals surface area (Å²) in [6.07, 6.45) is 0.775. The predicted octanol–water partition coefficient (Wildman–Crippen LogP) is 0.589. The molecule has 2 heterocycles. The molecule has 0 aliphatic carbocycles. The normalized spacial score (nSPS) is 12.8. The third kappa shape index (κ3) is 3.38. The minimum Gasteiger partial charge on any atom is -0.396 e. The van der Waals surface area contributed by atoms with E-state index in [2.05, 4.69) is 21.9 Å². The number of nitrogens with zero attached hydrogens (tertiary/aromatic N) is 3. The number of aliphatic hydroxyl groups is 2. The highest BCUT2D eigenvalue weighted by Gasteiger charge is 2.20. The van der Waals surface area contributed by atoms with E-state index in [1.165, 1.54) is 0 Å². The highest BCUT2D eigenvalue weighted by molar-refractivity contribution is 5.81.